The van der Waals surface area contributed by atoms with E-state index >= 15 is 0 Å². The summed E-state index contributed by atoms with van der Waals surface area (Å²) in [5.41, 5.74) is 0. The first-order valence-electron chi connectivity index (χ1n) is 4.69. The van der Waals surface area contributed by atoms with Crippen molar-refractivity contribution >= 4 is 46.4 Å². The molecule has 100 valence electrons. The van der Waals surface area contributed by atoms with Crippen LogP contribution in [-0.2, 0) is 26.2 Å². The number of phenolic OH excluding ortho intramolecular Hbond substituents is 2. The van der Waals surface area contributed by atoms with E-state index < -0.39 is 0 Å². The molecular formula is C12H8Cl4O2Zr. The molecule has 2 aromatic carbocycles. The molecule has 0 radical (unpaired) electrons. The zero-order chi connectivity index (χ0) is 13.7. The van der Waals surface area contributed by atoms with E-state index in [4.69, 9.17) is 56.6 Å². The first kappa shape index (κ1) is 19.1. The molecule has 0 amide bonds. The van der Waals surface area contributed by atoms with Crippen molar-refractivity contribution < 1.29 is 36.4 Å². The molecule has 2 aromatic rings. The van der Waals surface area contributed by atoms with Gasteiger partial charge in [-0.15, -0.1) is 0 Å². The van der Waals surface area contributed by atoms with Crippen molar-refractivity contribution in [3.8, 4) is 11.5 Å². The van der Waals surface area contributed by atoms with Gasteiger partial charge in [0.05, 0.1) is 20.1 Å². The van der Waals surface area contributed by atoms with Gasteiger partial charge in [-0.3, -0.25) is 0 Å². The Morgan fingerprint density at radius 3 is 0.947 bits per heavy atom. The summed E-state index contributed by atoms with van der Waals surface area (Å²) >= 11 is 21.9. The van der Waals surface area contributed by atoms with Crippen LogP contribution in [0.3, 0.4) is 0 Å². The SMILES string of the molecule is Oc1c(Cl)cccc1Cl.Oc1c(Cl)cccc1Cl.[Zr]. The molecule has 0 aromatic heterocycles. The minimum absolute atomic E-state index is 0. The quantitative estimate of drug-likeness (QED) is 0.603. The molecule has 2 rings (SSSR count). The summed E-state index contributed by atoms with van der Waals surface area (Å²) in [6.07, 6.45) is 0. The van der Waals surface area contributed by atoms with E-state index in [9.17, 15) is 0 Å². The number of hydrogen-bond acceptors (Lipinski definition) is 2. The number of para-hydroxylation sites is 2. The summed E-state index contributed by atoms with van der Waals surface area (Å²) in [4.78, 5) is 0. The van der Waals surface area contributed by atoms with E-state index in [-0.39, 0.29) is 57.8 Å². The van der Waals surface area contributed by atoms with Crippen LogP contribution in [0.4, 0.5) is 0 Å². The van der Waals surface area contributed by atoms with Crippen molar-refractivity contribution in [3.63, 3.8) is 0 Å². The summed E-state index contributed by atoms with van der Waals surface area (Å²) in [6.45, 7) is 0. The van der Waals surface area contributed by atoms with Crippen LogP contribution in [0.5, 0.6) is 11.5 Å². The van der Waals surface area contributed by atoms with Gasteiger partial charge in [-0.2, -0.15) is 0 Å². The molecule has 2 N–H and O–H groups in total. The van der Waals surface area contributed by atoms with Crippen LogP contribution in [0.15, 0.2) is 36.4 Å². The molecule has 0 fully saturated rings. The fourth-order valence-corrected chi connectivity index (χ4v) is 1.77. The number of rotatable bonds is 0. The van der Waals surface area contributed by atoms with Crippen molar-refractivity contribution in [2.45, 2.75) is 0 Å². The van der Waals surface area contributed by atoms with Crippen LogP contribution in [0, 0.1) is 0 Å². The number of halogens is 4. The second-order valence-corrected chi connectivity index (χ2v) is 4.77. The molecule has 0 heterocycles. The number of phenols is 2. The van der Waals surface area contributed by atoms with Gasteiger partial charge in [0.1, 0.15) is 0 Å². The van der Waals surface area contributed by atoms with Gasteiger partial charge in [-0.25, -0.2) is 0 Å². The van der Waals surface area contributed by atoms with Gasteiger partial charge in [0.2, 0.25) is 0 Å². The van der Waals surface area contributed by atoms with Crippen LogP contribution < -0.4 is 0 Å². The van der Waals surface area contributed by atoms with Crippen LogP contribution in [-0.4, -0.2) is 10.2 Å². The third-order valence-electron chi connectivity index (χ3n) is 1.88. The molecule has 0 aliphatic rings. The van der Waals surface area contributed by atoms with Crippen LogP contribution in [0.25, 0.3) is 0 Å². The van der Waals surface area contributed by atoms with Crippen LogP contribution in [0.2, 0.25) is 20.1 Å². The number of benzene rings is 2. The molecular weight excluding hydrogens is 409 g/mol. The van der Waals surface area contributed by atoms with E-state index in [2.05, 4.69) is 0 Å². The number of aromatic hydroxyl groups is 2. The monoisotopic (exact) mass is 414 g/mol. The average Bonchev–Trinajstić information content (AvgIpc) is 2.34. The smallest absolute Gasteiger partial charge is 0.152 e. The average molecular weight is 417 g/mol. The molecule has 7 heteroatoms. The van der Waals surface area contributed by atoms with Gasteiger partial charge < -0.3 is 10.2 Å². The third kappa shape index (κ3) is 5.93. The molecule has 0 aliphatic heterocycles. The van der Waals surface area contributed by atoms with Crippen molar-refractivity contribution in [2.75, 3.05) is 0 Å². The zero-order valence-electron chi connectivity index (χ0n) is 9.37. The van der Waals surface area contributed by atoms with Gasteiger partial charge in [0, 0.05) is 26.2 Å². The Bertz CT molecular complexity index is 459. The molecule has 0 unspecified atom stereocenters. The summed E-state index contributed by atoms with van der Waals surface area (Å²) in [7, 11) is 0. The topological polar surface area (TPSA) is 40.5 Å². The van der Waals surface area contributed by atoms with E-state index in [0.717, 1.165) is 0 Å². The predicted octanol–water partition coefficient (Wildman–Crippen LogP) is 5.40. The van der Waals surface area contributed by atoms with Gasteiger partial charge in [0.15, 0.2) is 11.5 Å². The minimum Gasteiger partial charge on any atom is -0.505 e. The largest absolute Gasteiger partial charge is 0.505 e. The molecule has 0 aliphatic carbocycles. The first-order chi connectivity index (χ1) is 8.43. The van der Waals surface area contributed by atoms with Gasteiger partial charge in [-0.05, 0) is 24.3 Å². The Morgan fingerprint density at radius 2 is 0.789 bits per heavy atom. The van der Waals surface area contributed by atoms with E-state index in [1.807, 2.05) is 0 Å². The first-order valence-corrected chi connectivity index (χ1v) is 6.20. The summed E-state index contributed by atoms with van der Waals surface area (Å²) in [6, 6.07) is 9.63. The zero-order valence-corrected chi connectivity index (χ0v) is 14.9. The maximum Gasteiger partial charge on any atom is 0.152 e. The van der Waals surface area contributed by atoms with E-state index in [1.54, 1.807) is 36.4 Å². The Hall–Kier alpha value is 0.0831. The fourth-order valence-electron chi connectivity index (χ4n) is 0.978. The molecule has 0 saturated heterocycles. The van der Waals surface area contributed by atoms with Gasteiger partial charge >= 0.3 is 0 Å². The van der Waals surface area contributed by atoms with Crippen LogP contribution >= 0.6 is 46.4 Å². The Kier molecular flexibility index (Phi) is 9.14. The molecule has 0 atom stereocenters. The summed E-state index contributed by atoms with van der Waals surface area (Å²) in [5.74, 6) is -0.110. The predicted molar refractivity (Wildman–Crippen MR) is 76.3 cm³/mol. The van der Waals surface area contributed by atoms with Crippen molar-refractivity contribution in [1.29, 1.82) is 0 Å². The van der Waals surface area contributed by atoms with E-state index in [0.29, 0.717) is 0 Å². The Balaban J connectivity index is 0.000000324. The van der Waals surface area contributed by atoms with Gasteiger partial charge in [0.25, 0.3) is 0 Å². The Labute approximate surface area is 150 Å². The summed E-state index contributed by atoms with van der Waals surface area (Å²) in [5, 5.41) is 19.0. The van der Waals surface area contributed by atoms with Crippen molar-refractivity contribution in [3.05, 3.63) is 56.5 Å². The second kappa shape index (κ2) is 9.10. The molecule has 2 nitrogen and oxygen atoms in total. The maximum atomic E-state index is 8.94. The third-order valence-corrected chi connectivity index (χ3v) is 3.10. The minimum atomic E-state index is -0.0548. The fraction of sp³-hybridized carbons (Fsp3) is 0. The molecule has 0 bridgehead atoms. The Morgan fingerprint density at radius 1 is 0.579 bits per heavy atom. The van der Waals surface area contributed by atoms with Crippen molar-refractivity contribution in [1.82, 2.24) is 0 Å². The van der Waals surface area contributed by atoms with Crippen LogP contribution in [0.1, 0.15) is 0 Å². The summed E-state index contributed by atoms with van der Waals surface area (Å²) < 4.78 is 0. The molecule has 0 saturated carbocycles. The normalized spacial score (nSPS) is 9.05. The van der Waals surface area contributed by atoms with E-state index in [1.165, 1.54) is 0 Å². The standard InChI is InChI=1S/2C6H4Cl2O.Zr/c2*7-4-2-1-3-5(8)6(4)9;/h2*1-3,9H;. The second-order valence-electron chi connectivity index (χ2n) is 3.14. The maximum absolute atomic E-state index is 8.94. The number of hydrogen-bond donors (Lipinski definition) is 2. The molecule has 19 heavy (non-hydrogen) atoms. The van der Waals surface area contributed by atoms with Gasteiger partial charge in [-0.1, -0.05) is 58.5 Å². The molecule has 0 spiro atoms. The van der Waals surface area contributed by atoms with Crippen molar-refractivity contribution in [2.24, 2.45) is 0 Å².